The molecule has 7 heteroatoms. The molecule has 0 radical (unpaired) electrons. The van der Waals surface area contributed by atoms with Gasteiger partial charge in [0.25, 0.3) is 17.4 Å². The number of carbonyl (C=O) groups excluding carboxylic acids is 2. The highest BCUT2D eigenvalue weighted by atomic mass is 35.5. The van der Waals surface area contributed by atoms with Gasteiger partial charge in [-0.1, -0.05) is 37.6 Å². The van der Waals surface area contributed by atoms with Crippen LogP contribution in [0.15, 0.2) is 41.2 Å². The molecule has 0 aliphatic rings. The molecule has 1 aromatic heterocycles. The summed E-state index contributed by atoms with van der Waals surface area (Å²) < 4.78 is 0. The highest BCUT2D eigenvalue weighted by Crippen LogP contribution is 2.14. The Bertz CT molecular complexity index is 830. The van der Waals surface area contributed by atoms with Gasteiger partial charge in [0.2, 0.25) is 0 Å². The number of rotatable bonds is 6. The molecule has 1 heterocycles. The lowest BCUT2D eigenvalue weighted by atomic mass is 10.1. The maximum absolute atomic E-state index is 12.1. The first-order valence-corrected chi connectivity index (χ1v) is 8.32. The van der Waals surface area contributed by atoms with E-state index in [0.717, 1.165) is 5.69 Å². The Morgan fingerprint density at radius 2 is 1.60 bits per heavy atom. The third-order valence-corrected chi connectivity index (χ3v) is 3.94. The maximum Gasteiger partial charge on any atom is 0.261 e. The van der Waals surface area contributed by atoms with Gasteiger partial charge in [-0.25, -0.2) is 0 Å². The Morgan fingerprint density at radius 3 is 2.16 bits per heavy atom. The van der Waals surface area contributed by atoms with Crippen molar-refractivity contribution in [1.29, 1.82) is 0 Å². The molecule has 6 nitrogen and oxygen atoms in total. The van der Waals surface area contributed by atoms with Crippen molar-refractivity contribution in [2.24, 2.45) is 0 Å². The molecule has 0 atom stereocenters. The lowest BCUT2D eigenvalue weighted by molar-refractivity contribution is 0.0927. The topological polar surface area (TPSA) is 91.1 Å². The van der Waals surface area contributed by atoms with Gasteiger partial charge in [0.05, 0.1) is 10.6 Å². The van der Waals surface area contributed by atoms with Gasteiger partial charge < -0.3 is 15.6 Å². The fourth-order valence-electron chi connectivity index (χ4n) is 2.19. The summed E-state index contributed by atoms with van der Waals surface area (Å²) in [6.07, 6.45) is 0. The second-order valence-electron chi connectivity index (χ2n) is 5.80. The van der Waals surface area contributed by atoms with E-state index in [1.54, 1.807) is 30.3 Å². The molecule has 0 saturated carbocycles. The Morgan fingerprint density at radius 1 is 1.00 bits per heavy atom. The third kappa shape index (κ3) is 4.93. The number of amides is 2. The molecule has 25 heavy (non-hydrogen) atoms. The van der Waals surface area contributed by atoms with Crippen LogP contribution >= 0.6 is 11.6 Å². The third-order valence-electron chi connectivity index (χ3n) is 3.61. The Kier molecular flexibility index (Phi) is 6.36. The van der Waals surface area contributed by atoms with Crippen molar-refractivity contribution in [3.63, 3.8) is 0 Å². The number of H-pyrrole nitrogens is 1. The van der Waals surface area contributed by atoms with E-state index in [9.17, 15) is 14.4 Å². The summed E-state index contributed by atoms with van der Waals surface area (Å²) in [6, 6.07) is 9.93. The molecule has 2 rings (SSSR count). The summed E-state index contributed by atoms with van der Waals surface area (Å²) in [4.78, 5) is 38.7. The largest absolute Gasteiger partial charge is 0.350 e. The molecular formula is C18H20ClN3O3. The van der Waals surface area contributed by atoms with Crippen LogP contribution in [0.5, 0.6) is 0 Å². The van der Waals surface area contributed by atoms with Crippen molar-refractivity contribution >= 4 is 23.4 Å². The maximum atomic E-state index is 12.1. The van der Waals surface area contributed by atoms with Crippen LogP contribution in [-0.4, -0.2) is 29.9 Å². The molecule has 0 spiro atoms. The summed E-state index contributed by atoms with van der Waals surface area (Å²) in [7, 11) is 0. The Hall–Kier alpha value is -2.60. The van der Waals surface area contributed by atoms with E-state index in [2.05, 4.69) is 15.6 Å². The number of aromatic amines is 1. The first-order valence-electron chi connectivity index (χ1n) is 7.94. The summed E-state index contributed by atoms with van der Waals surface area (Å²) in [5.41, 5.74) is 0.760. The molecule has 3 N–H and O–H groups in total. The zero-order valence-electron chi connectivity index (χ0n) is 14.1. The van der Waals surface area contributed by atoms with Gasteiger partial charge in [0.15, 0.2) is 0 Å². The first kappa shape index (κ1) is 18.7. The zero-order valence-corrected chi connectivity index (χ0v) is 14.8. The molecule has 0 fully saturated rings. The lowest BCUT2D eigenvalue weighted by Crippen LogP contribution is -2.36. The van der Waals surface area contributed by atoms with Crippen molar-refractivity contribution in [2.75, 3.05) is 13.1 Å². The number of hydrogen-bond acceptors (Lipinski definition) is 3. The van der Waals surface area contributed by atoms with Gasteiger partial charge in [0.1, 0.15) is 5.56 Å². The van der Waals surface area contributed by atoms with Gasteiger partial charge in [-0.3, -0.25) is 14.4 Å². The van der Waals surface area contributed by atoms with Crippen molar-refractivity contribution in [3.05, 3.63) is 68.6 Å². The van der Waals surface area contributed by atoms with Crippen LogP contribution in [-0.2, 0) is 0 Å². The van der Waals surface area contributed by atoms with Crippen LogP contribution in [0, 0.1) is 0 Å². The number of pyridine rings is 1. The highest BCUT2D eigenvalue weighted by Gasteiger charge is 2.12. The molecule has 0 aliphatic carbocycles. The van der Waals surface area contributed by atoms with Gasteiger partial charge in [0, 0.05) is 18.8 Å². The van der Waals surface area contributed by atoms with Gasteiger partial charge in [-0.05, 0) is 30.2 Å². The van der Waals surface area contributed by atoms with Crippen LogP contribution in [0.4, 0.5) is 0 Å². The quantitative estimate of drug-likeness (QED) is 0.689. The summed E-state index contributed by atoms with van der Waals surface area (Å²) in [6.45, 7) is 4.32. The van der Waals surface area contributed by atoms with Gasteiger partial charge in [-0.2, -0.15) is 0 Å². The average Bonchev–Trinajstić information content (AvgIpc) is 2.58. The molecule has 0 aliphatic heterocycles. The predicted molar refractivity (Wildman–Crippen MR) is 97.3 cm³/mol. The van der Waals surface area contributed by atoms with Crippen molar-refractivity contribution in [3.8, 4) is 0 Å². The van der Waals surface area contributed by atoms with E-state index in [-0.39, 0.29) is 30.5 Å². The second-order valence-corrected chi connectivity index (χ2v) is 6.21. The van der Waals surface area contributed by atoms with Crippen LogP contribution in [0.25, 0.3) is 0 Å². The molecule has 2 aromatic rings. The van der Waals surface area contributed by atoms with Gasteiger partial charge >= 0.3 is 0 Å². The molecule has 1 aromatic carbocycles. The van der Waals surface area contributed by atoms with Crippen molar-refractivity contribution < 1.29 is 9.59 Å². The number of carbonyl (C=O) groups is 2. The fourth-order valence-corrected chi connectivity index (χ4v) is 2.41. The summed E-state index contributed by atoms with van der Waals surface area (Å²) in [5, 5.41) is 5.63. The molecule has 0 saturated heterocycles. The molecule has 0 unspecified atom stereocenters. The SMILES string of the molecule is CC(C)c1ccc(C(=O)NCCNC(=O)c2ccccc2Cl)c(=O)[nH]1. The van der Waals surface area contributed by atoms with Gasteiger partial charge in [-0.15, -0.1) is 0 Å². The normalized spacial score (nSPS) is 10.6. The predicted octanol–water partition coefficient (Wildman–Crippen LogP) is 2.31. The molecule has 132 valence electrons. The number of nitrogens with one attached hydrogen (secondary N) is 3. The van der Waals surface area contributed by atoms with E-state index in [1.165, 1.54) is 6.07 Å². The highest BCUT2D eigenvalue weighted by molar-refractivity contribution is 6.33. The Balaban J connectivity index is 1.86. The fraction of sp³-hybridized carbons (Fsp3) is 0.278. The van der Waals surface area contributed by atoms with E-state index in [4.69, 9.17) is 11.6 Å². The first-order chi connectivity index (χ1) is 11.9. The van der Waals surface area contributed by atoms with Crippen LogP contribution in [0.2, 0.25) is 5.02 Å². The lowest BCUT2D eigenvalue weighted by Gasteiger charge is -2.09. The van der Waals surface area contributed by atoms with Crippen molar-refractivity contribution in [2.45, 2.75) is 19.8 Å². The smallest absolute Gasteiger partial charge is 0.261 e. The molecule has 0 bridgehead atoms. The van der Waals surface area contributed by atoms with Crippen LogP contribution in [0.3, 0.4) is 0 Å². The minimum absolute atomic E-state index is 0.0434. The molecular weight excluding hydrogens is 342 g/mol. The second kappa shape index (κ2) is 8.48. The van der Waals surface area contributed by atoms with Crippen molar-refractivity contribution in [1.82, 2.24) is 15.6 Å². The summed E-state index contributed by atoms with van der Waals surface area (Å²) >= 11 is 5.95. The number of benzene rings is 1. The minimum atomic E-state index is -0.483. The number of aromatic nitrogens is 1. The number of hydrogen-bond donors (Lipinski definition) is 3. The van der Waals surface area contributed by atoms with E-state index in [1.807, 2.05) is 13.8 Å². The van der Waals surface area contributed by atoms with E-state index < -0.39 is 11.5 Å². The summed E-state index contributed by atoms with van der Waals surface area (Å²) in [5.74, 6) is -0.632. The monoisotopic (exact) mass is 361 g/mol. The van der Waals surface area contributed by atoms with E-state index in [0.29, 0.717) is 10.6 Å². The zero-order chi connectivity index (χ0) is 18.4. The Labute approximate surface area is 150 Å². The van der Waals surface area contributed by atoms with Crippen LogP contribution in [0.1, 0.15) is 46.2 Å². The van der Waals surface area contributed by atoms with E-state index >= 15 is 0 Å². The standard InChI is InChI=1S/C18H20ClN3O3/c1-11(2)15-8-7-13(18(25)22-15)17(24)21-10-9-20-16(23)12-5-3-4-6-14(12)19/h3-8,11H,9-10H2,1-2H3,(H,20,23)(H,21,24)(H,22,25). The molecule has 2 amide bonds. The average molecular weight is 362 g/mol. The minimum Gasteiger partial charge on any atom is -0.350 e. The van der Waals surface area contributed by atoms with Crippen LogP contribution < -0.4 is 16.2 Å². The number of halogens is 1.